The number of carbonyl (C=O) groups excluding carboxylic acids is 1. The molecule has 0 spiro atoms. The van der Waals surface area contributed by atoms with Crippen LogP contribution in [0, 0.1) is 0 Å². The molecule has 6 heteroatoms. The van der Waals surface area contributed by atoms with Crippen molar-refractivity contribution >= 4 is 23.7 Å². The van der Waals surface area contributed by atoms with Crippen molar-refractivity contribution in [2.75, 3.05) is 0 Å². The molecule has 2 unspecified atom stereocenters. The Bertz CT molecular complexity index is 277. The standard InChI is InChI=1S/C12H22O5S/c1-3-5-7-11(16,9(13)14)12(17,10(15)18)8-6-4-2/h16-17H,3-8H2,1-2H3,(H,13,14)(H,15,18). The lowest BCUT2D eigenvalue weighted by Gasteiger charge is -2.38. The van der Waals surface area contributed by atoms with Crippen LogP contribution in [-0.2, 0) is 9.59 Å². The van der Waals surface area contributed by atoms with Gasteiger partial charge in [0.25, 0.3) is 0 Å². The minimum Gasteiger partial charge on any atom is -0.479 e. The summed E-state index contributed by atoms with van der Waals surface area (Å²) in [6, 6.07) is 0. The highest BCUT2D eigenvalue weighted by molar-refractivity contribution is 7.96. The van der Waals surface area contributed by atoms with Gasteiger partial charge >= 0.3 is 5.97 Å². The number of carboxylic acid groups (broad SMARTS) is 1. The van der Waals surface area contributed by atoms with Gasteiger partial charge in [-0.1, -0.05) is 39.5 Å². The van der Waals surface area contributed by atoms with E-state index < -0.39 is 22.3 Å². The predicted octanol–water partition coefficient (Wildman–Crippen LogP) is 1.37. The van der Waals surface area contributed by atoms with E-state index in [-0.39, 0.29) is 12.8 Å². The lowest BCUT2D eigenvalue weighted by Crippen LogP contribution is -2.62. The molecule has 0 saturated heterocycles. The molecular weight excluding hydrogens is 256 g/mol. The first-order valence-electron chi connectivity index (χ1n) is 6.17. The minimum absolute atomic E-state index is 0.113. The Morgan fingerprint density at radius 1 is 1.00 bits per heavy atom. The average molecular weight is 278 g/mol. The lowest BCUT2D eigenvalue weighted by molar-refractivity contribution is -0.195. The molecule has 0 bridgehead atoms. The summed E-state index contributed by atoms with van der Waals surface area (Å²) in [7, 11) is 0. The van der Waals surface area contributed by atoms with Crippen LogP contribution in [0.15, 0.2) is 0 Å². The number of rotatable bonds is 9. The molecule has 0 fully saturated rings. The van der Waals surface area contributed by atoms with E-state index >= 15 is 0 Å². The molecule has 0 aliphatic heterocycles. The van der Waals surface area contributed by atoms with E-state index in [0.717, 1.165) is 0 Å². The highest BCUT2D eigenvalue weighted by Gasteiger charge is 2.57. The van der Waals surface area contributed by atoms with Gasteiger partial charge in [-0.05, 0) is 12.8 Å². The highest BCUT2D eigenvalue weighted by atomic mass is 32.1. The zero-order chi connectivity index (χ0) is 14.4. The van der Waals surface area contributed by atoms with Crippen LogP contribution in [0.2, 0.25) is 0 Å². The first kappa shape index (κ1) is 17.4. The third-order valence-electron chi connectivity index (χ3n) is 3.18. The van der Waals surface area contributed by atoms with E-state index in [1.165, 1.54) is 0 Å². The Hall–Kier alpha value is -0.590. The van der Waals surface area contributed by atoms with Crippen LogP contribution >= 0.6 is 12.6 Å². The largest absolute Gasteiger partial charge is 0.479 e. The molecule has 0 amide bonds. The van der Waals surface area contributed by atoms with Gasteiger partial charge in [0, 0.05) is 0 Å². The normalized spacial score (nSPS) is 17.8. The van der Waals surface area contributed by atoms with Crippen LogP contribution in [-0.4, -0.2) is 37.6 Å². The molecule has 2 atom stereocenters. The maximum Gasteiger partial charge on any atom is 0.339 e. The van der Waals surface area contributed by atoms with E-state index in [0.29, 0.717) is 25.7 Å². The molecule has 3 N–H and O–H groups in total. The molecule has 0 heterocycles. The number of hydrogen-bond donors (Lipinski definition) is 4. The van der Waals surface area contributed by atoms with Crippen molar-refractivity contribution in [1.82, 2.24) is 0 Å². The fourth-order valence-corrected chi connectivity index (χ4v) is 2.14. The number of thiol groups is 1. The number of carboxylic acids is 1. The molecular formula is C12H22O5S. The van der Waals surface area contributed by atoms with Crippen LogP contribution < -0.4 is 0 Å². The molecule has 0 aromatic heterocycles. The van der Waals surface area contributed by atoms with E-state index in [1.54, 1.807) is 0 Å². The molecule has 0 aliphatic carbocycles. The Balaban J connectivity index is 5.34. The quantitative estimate of drug-likeness (QED) is 0.478. The van der Waals surface area contributed by atoms with E-state index in [2.05, 4.69) is 12.6 Å². The zero-order valence-corrected chi connectivity index (χ0v) is 11.7. The van der Waals surface area contributed by atoms with Crippen molar-refractivity contribution in [3.8, 4) is 0 Å². The fourth-order valence-electron chi connectivity index (χ4n) is 1.85. The van der Waals surface area contributed by atoms with Gasteiger partial charge in [0.05, 0.1) is 0 Å². The van der Waals surface area contributed by atoms with Crippen molar-refractivity contribution in [2.45, 2.75) is 63.6 Å². The molecule has 5 nitrogen and oxygen atoms in total. The van der Waals surface area contributed by atoms with Crippen LogP contribution in [0.5, 0.6) is 0 Å². The number of unbranched alkanes of at least 4 members (excludes halogenated alkanes) is 2. The SMILES string of the molecule is CCCCC(O)(C(=O)O)C(O)(CCCC)C(=O)S. The smallest absolute Gasteiger partial charge is 0.339 e. The van der Waals surface area contributed by atoms with Crippen molar-refractivity contribution in [2.24, 2.45) is 0 Å². The molecule has 0 saturated carbocycles. The third-order valence-corrected chi connectivity index (χ3v) is 3.55. The summed E-state index contributed by atoms with van der Waals surface area (Å²) in [6.07, 6.45) is 1.87. The van der Waals surface area contributed by atoms with Gasteiger partial charge < -0.3 is 15.3 Å². The average Bonchev–Trinajstić information content (AvgIpc) is 2.32. The summed E-state index contributed by atoms with van der Waals surface area (Å²) in [5, 5.41) is 28.6. The number of hydrogen-bond acceptors (Lipinski definition) is 4. The molecule has 106 valence electrons. The van der Waals surface area contributed by atoms with Crippen molar-refractivity contribution in [3.05, 3.63) is 0 Å². The first-order chi connectivity index (χ1) is 8.26. The van der Waals surface area contributed by atoms with Crippen molar-refractivity contribution in [3.63, 3.8) is 0 Å². The molecule has 0 aromatic rings. The predicted molar refractivity (Wildman–Crippen MR) is 70.6 cm³/mol. The highest BCUT2D eigenvalue weighted by Crippen LogP contribution is 2.34. The van der Waals surface area contributed by atoms with Crippen LogP contribution in [0.1, 0.15) is 52.4 Å². The third kappa shape index (κ3) is 3.46. The summed E-state index contributed by atoms with van der Waals surface area (Å²) in [5.41, 5.74) is -4.82. The number of carbonyl (C=O) groups is 2. The second-order valence-electron chi connectivity index (χ2n) is 4.54. The summed E-state index contributed by atoms with van der Waals surface area (Å²) >= 11 is 3.55. The van der Waals surface area contributed by atoms with Crippen molar-refractivity contribution < 1.29 is 24.9 Å². The van der Waals surface area contributed by atoms with Gasteiger partial charge in [0.1, 0.15) is 0 Å². The number of aliphatic carboxylic acids is 1. The Morgan fingerprint density at radius 2 is 1.39 bits per heavy atom. The molecule has 18 heavy (non-hydrogen) atoms. The Kier molecular flexibility index (Phi) is 6.88. The van der Waals surface area contributed by atoms with Gasteiger partial charge in [-0.2, -0.15) is 0 Å². The van der Waals surface area contributed by atoms with Crippen LogP contribution in [0.25, 0.3) is 0 Å². The summed E-state index contributed by atoms with van der Waals surface area (Å²) in [6.45, 7) is 3.67. The van der Waals surface area contributed by atoms with Gasteiger partial charge in [0.2, 0.25) is 5.12 Å². The van der Waals surface area contributed by atoms with Gasteiger partial charge in [-0.3, -0.25) is 4.79 Å². The molecule has 0 radical (unpaired) electrons. The Labute approximate surface area is 113 Å². The number of aliphatic hydroxyl groups is 2. The molecule has 0 aromatic carbocycles. The van der Waals surface area contributed by atoms with E-state index in [9.17, 15) is 19.8 Å². The van der Waals surface area contributed by atoms with E-state index in [1.807, 2.05) is 13.8 Å². The van der Waals surface area contributed by atoms with Crippen LogP contribution in [0.4, 0.5) is 0 Å². The second-order valence-corrected chi connectivity index (χ2v) is 4.94. The maximum absolute atomic E-state index is 11.5. The van der Waals surface area contributed by atoms with E-state index in [4.69, 9.17) is 5.11 Å². The van der Waals surface area contributed by atoms with Gasteiger partial charge in [-0.25, -0.2) is 4.79 Å². The second kappa shape index (κ2) is 7.11. The summed E-state index contributed by atoms with van der Waals surface area (Å²) in [5.74, 6) is -1.59. The van der Waals surface area contributed by atoms with Gasteiger partial charge in [0.15, 0.2) is 11.2 Å². The topological polar surface area (TPSA) is 94.8 Å². The summed E-state index contributed by atoms with van der Waals surface area (Å²) in [4.78, 5) is 22.7. The Morgan fingerprint density at radius 3 is 1.67 bits per heavy atom. The fraction of sp³-hybridized carbons (Fsp3) is 0.833. The monoisotopic (exact) mass is 278 g/mol. The molecule has 0 rings (SSSR count). The van der Waals surface area contributed by atoms with Crippen molar-refractivity contribution in [1.29, 1.82) is 0 Å². The van der Waals surface area contributed by atoms with Gasteiger partial charge in [-0.15, -0.1) is 12.6 Å². The minimum atomic E-state index is -2.48. The molecule has 0 aliphatic rings. The maximum atomic E-state index is 11.5. The lowest BCUT2D eigenvalue weighted by atomic mass is 9.76. The zero-order valence-electron chi connectivity index (χ0n) is 10.8. The summed E-state index contributed by atoms with van der Waals surface area (Å²) < 4.78 is 0. The van der Waals surface area contributed by atoms with Crippen LogP contribution in [0.3, 0.4) is 0 Å². The first-order valence-corrected chi connectivity index (χ1v) is 6.62.